The summed E-state index contributed by atoms with van der Waals surface area (Å²) in [5.41, 5.74) is 1.14. The molecule has 1 N–H and O–H groups in total. The van der Waals surface area contributed by atoms with Gasteiger partial charge in [-0.15, -0.1) is 5.10 Å². The summed E-state index contributed by atoms with van der Waals surface area (Å²) in [7, 11) is 0. The van der Waals surface area contributed by atoms with Gasteiger partial charge in [0.05, 0.1) is 28.4 Å². The van der Waals surface area contributed by atoms with Crippen molar-refractivity contribution in [1.29, 1.82) is 0 Å². The SMILES string of the molecule is O=C1/C(=C/c2ccc(F)cc2)S/C(=N\N=C\c2cc(Br)cc(Br)c2O)N1Cc1ccco1. The smallest absolute Gasteiger partial charge is 0.267 e. The van der Waals surface area contributed by atoms with Crippen LogP contribution in [0, 0.1) is 5.82 Å². The summed E-state index contributed by atoms with van der Waals surface area (Å²) < 4.78 is 19.8. The zero-order valence-electron chi connectivity index (χ0n) is 16.2. The molecule has 1 fully saturated rings. The molecule has 0 unspecified atom stereocenters. The average Bonchev–Trinajstić information content (AvgIpc) is 3.37. The van der Waals surface area contributed by atoms with E-state index in [-0.39, 0.29) is 24.0 Å². The summed E-state index contributed by atoms with van der Waals surface area (Å²) >= 11 is 7.79. The molecule has 0 atom stereocenters. The lowest BCUT2D eigenvalue weighted by atomic mass is 10.2. The largest absolute Gasteiger partial charge is 0.506 e. The van der Waals surface area contributed by atoms with Crippen LogP contribution in [0.4, 0.5) is 4.39 Å². The summed E-state index contributed by atoms with van der Waals surface area (Å²) in [5, 5.41) is 18.8. The van der Waals surface area contributed by atoms with Crippen molar-refractivity contribution in [2.75, 3.05) is 0 Å². The molecule has 0 bridgehead atoms. The highest BCUT2D eigenvalue weighted by Gasteiger charge is 2.34. The van der Waals surface area contributed by atoms with Crippen molar-refractivity contribution < 1.29 is 18.7 Å². The first kappa shape index (κ1) is 22.5. The number of hydrogen-bond acceptors (Lipinski definition) is 6. The van der Waals surface area contributed by atoms with Crippen LogP contribution < -0.4 is 0 Å². The van der Waals surface area contributed by atoms with Gasteiger partial charge in [0.25, 0.3) is 5.91 Å². The van der Waals surface area contributed by atoms with E-state index < -0.39 is 0 Å². The molecule has 1 aliphatic heterocycles. The summed E-state index contributed by atoms with van der Waals surface area (Å²) in [5.74, 6) is -0.00221. The summed E-state index contributed by atoms with van der Waals surface area (Å²) in [6, 6.07) is 12.7. The number of aromatic hydroxyl groups is 1. The van der Waals surface area contributed by atoms with Crippen molar-refractivity contribution in [2.45, 2.75) is 6.54 Å². The van der Waals surface area contributed by atoms with E-state index in [4.69, 9.17) is 4.42 Å². The van der Waals surface area contributed by atoms with Crippen LogP contribution in [-0.2, 0) is 11.3 Å². The van der Waals surface area contributed by atoms with Crippen molar-refractivity contribution in [3.8, 4) is 5.75 Å². The molecule has 2 aromatic carbocycles. The van der Waals surface area contributed by atoms with Crippen LogP contribution in [0.3, 0.4) is 0 Å². The van der Waals surface area contributed by atoms with Gasteiger partial charge in [0.2, 0.25) is 0 Å². The van der Waals surface area contributed by atoms with Crippen LogP contribution in [0.25, 0.3) is 6.08 Å². The minimum absolute atomic E-state index is 0.0247. The van der Waals surface area contributed by atoms with Gasteiger partial charge in [0.15, 0.2) is 5.17 Å². The maximum Gasteiger partial charge on any atom is 0.267 e. The van der Waals surface area contributed by atoms with Crippen LogP contribution in [0.2, 0.25) is 0 Å². The Bertz CT molecular complexity index is 1240. The average molecular weight is 579 g/mol. The summed E-state index contributed by atoms with van der Waals surface area (Å²) in [4.78, 5) is 14.9. The highest BCUT2D eigenvalue weighted by atomic mass is 79.9. The topological polar surface area (TPSA) is 78.4 Å². The van der Waals surface area contributed by atoms with E-state index in [9.17, 15) is 14.3 Å². The van der Waals surface area contributed by atoms with Gasteiger partial charge in [-0.25, -0.2) is 4.39 Å². The fourth-order valence-corrected chi connectivity index (χ4v) is 5.01. The Kier molecular flexibility index (Phi) is 6.92. The Morgan fingerprint density at radius 1 is 1.19 bits per heavy atom. The number of nitrogens with zero attached hydrogens (tertiary/aromatic N) is 3. The van der Waals surface area contributed by atoms with E-state index in [0.29, 0.717) is 31.4 Å². The van der Waals surface area contributed by atoms with E-state index in [1.165, 1.54) is 29.5 Å². The second-order valence-electron chi connectivity index (χ2n) is 6.59. The number of benzene rings is 2. The number of carbonyl (C=O) groups is 1. The van der Waals surface area contributed by atoms with E-state index in [2.05, 4.69) is 42.1 Å². The van der Waals surface area contributed by atoms with Gasteiger partial charge < -0.3 is 9.52 Å². The minimum atomic E-state index is -0.351. The number of rotatable bonds is 5. The van der Waals surface area contributed by atoms with Crippen molar-refractivity contribution in [3.63, 3.8) is 0 Å². The van der Waals surface area contributed by atoms with E-state index in [1.54, 1.807) is 42.5 Å². The number of hydrogen-bond donors (Lipinski definition) is 1. The highest BCUT2D eigenvalue weighted by molar-refractivity contribution is 9.11. The van der Waals surface area contributed by atoms with E-state index in [0.717, 1.165) is 16.2 Å². The quantitative estimate of drug-likeness (QED) is 0.223. The highest BCUT2D eigenvalue weighted by Crippen LogP contribution is 2.34. The molecule has 1 amide bonds. The number of carbonyl (C=O) groups excluding carboxylic acids is 1. The van der Waals surface area contributed by atoms with Crippen molar-refractivity contribution in [3.05, 3.63) is 91.3 Å². The number of amides is 1. The first-order valence-electron chi connectivity index (χ1n) is 9.19. The lowest BCUT2D eigenvalue weighted by Gasteiger charge is -2.12. The molecule has 1 aliphatic rings. The zero-order valence-corrected chi connectivity index (χ0v) is 20.2. The second kappa shape index (κ2) is 9.85. The third kappa shape index (κ3) is 5.20. The fourth-order valence-electron chi connectivity index (χ4n) is 2.82. The predicted molar refractivity (Wildman–Crippen MR) is 130 cm³/mol. The Balaban J connectivity index is 1.64. The maximum absolute atomic E-state index is 13.2. The van der Waals surface area contributed by atoms with Crippen molar-refractivity contribution in [2.24, 2.45) is 10.2 Å². The number of phenolic OH excluding ortho intramolecular Hbond substituents is 1. The molecule has 1 saturated heterocycles. The first-order chi connectivity index (χ1) is 15.4. The van der Waals surface area contributed by atoms with Gasteiger partial charge in [-0.3, -0.25) is 9.69 Å². The van der Waals surface area contributed by atoms with Crippen LogP contribution in [-0.4, -0.2) is 27.3 Å². The molecule has 3 aromatic rings. The van der Waals surface area contributed by atoms with Crippen LogP contribution in [0.15, 0.2) is 83.3 Å². The van der Waals surface area contributed by atoms with Crippen LogP contribution in [0.1, 0.15) is 16.9 Å². The molecule has 2 heterocycles. The Morgan fingerprint density at radius 2 is 1.97 bits per heavy atom. The molecule has 32 heavy (non-hydrogen) atoms. The second-order valence-corrected chi connectivity index (χ2v) is 9.36. The molecule has 162 valence electrons. The third-order valence-electron chi connectivity index (χ3n) is 4.35. The zero-order chi connectivity index (χ0) is 22.7. The Hall–Kier alpha value is -2.69. The molecule has 0 radical (unpaired) electrons. The van der Waals surface area contributed by atoms with Crippen LogP contribution in [0.5, 0.6) is 5.75 Å². The molecule has 4 rings (SSSR count). The lowest BCUT2D eigenvalue weighted by molar-refractivity contribution is -0.122. The third-order valence-corrected chi connectivity index (χ3v) is 6.41. The molecule has 6 nitrogen and oxygen atoms in total. The number of phenols is 1. The minimum Gasteiger partial charge on any atom is -0.506 e. The van der Waals surface area contributed by atoms with Gasteiger partial charge in [0, 0.05) is 10.0 Å². The molecule has 1 aromatic heterocycles. The molecular weight excluding hydrogens is 565 g/mol. The number of furan rings is 1. The standard InChI is InChI=1S/C22H14Br2FN3O3S/c23-15-9-14(20(29)18(24)10-15)11-26-27-22-28(12-17-2-1-7-31-17)21(30)19(32-22)8-13-3-5-16(25)6-4-13/h1-11,29H,12H2/b19-8-,26-11+,27-22-. The molecule has 0 spiro atoms. The van der Waals surface area contributed by atoms with Crippen LogP contribution >= 0.6 is 43.6 Å². The number of thioether (sulfide) groups is 1. The monoisotopic (exact) mass is 577 g/mol. The maximum atomic E-state index is 13.2. The fraction of sp³-hybridized carbons (Fsp3) is 0.0455. The van der Waals surface area contributed by atoms with Gasteiger partial charge >= 0.3 is 0 Å². The van der Waals surface area contributed by atoms with Crippen molar-refractivity contribution >= 4 is 67.0 Å². The molecule has 10 heteroatoms. The summed E-state index contributed by atoms with van der Waals surface area (Å²) in [6.45, 7) is 0.182. The molecule has 0 saturated carbocycles. The summed E-state index contributed by atoms with van der Waals surface area (Å²) in [6.07, 6.45) is 4.60. The van der Waals surface area contributed by atoms with Gasteiger partial charge in [0.1, 0.15) is 17.3 Å². The van der Waals surface area contributed by atoms with E-state index >= 15 is 0 Å². The number of amidine groups is 1. The molecule has 0 aliphatic carbocycles. The first-order valence-corrected chi connectivity index (χ1v) is 11.6. The number of halogens is 3. The predicted octanol–water partition coefficient (Wildman–Crippen LogP) is 6.16. The Morgan fingerprint density at radius 3 is 2.69 bits per heavy atom. The molecular formula is C22H14Br2FN3O3S. The van der Waals surface area contributed by atoms with Gasteiger partial charge in [-0.05, 0) is 75.7 Å². The van der Waals surface area contributed by atoms with E-state index in [1.807, 2.05) is 0 Å². The van der Waals surface area contributed by atoms with Crippen molar-refractivity contribution in [1.82, 2.24) is 4.90 Å². The lowest BCUT2D eigenvalue weighted by Crippen LogP contribution is -2.28. The van der Waals surface area contributed by atoms with Gasteiger partial charge in [-0.1, -0.05) is 28.1 Å². The normalized spacial score (nSPS) is 16.7. The Labute approximate surface area is 203 Å². The van der Waals surface area contributed by atoms with Gasteiger partial charge in [-0.2, -0.15) is 5.10 Å².